The van der Waals surface area contributed by atoms with Gasteiger partial charge in [-0.05, 0) is 37.0 Å². The van der Waals surface area contributed by atoms with Crippen molar-refractivity contribution in [2.75, 3.05) is 6.54 Å². The number of halogens is 1. The number of aryl methyl sites for hydroxylation is 2. The third kappa shape index (κ3) is 5.05. The molecule has 1 aromatic carbocycles. The highest BCUT2D eigenvalue weighted by Crippen LogP contribution is 2.17. The Morgan fingerprint density at radius 3 is 2.94 bits per heavy atom. The van der Waals surface area contributed by atoms with Gasteiger partial charge in [0.2, 0.25) is 5.91 Å². The number of hydrogen-bond acceptors (Lipinski definition) is 1. The van der Waals surface area contributed by atoms with E-state index in [0.717, 1.165) is 29.0 Å². The topological polar surface area (TPSA) is 29.1 Å². The van der Waals surface area contributed by atoms with Crippen LogP contribution in [0.15, 0.2) is 30.9 Å². The predicted molar refractivity (Wildman–Crippen MR) is 72.3 cm³/mol. The van der Waals surface area contributed by atoms with Crippen molar-refractivity contribution in [1.82, 2.24) is 5.32 Å². The first-order chi connectivity index (χ1) is 8.13. The first-order valence-electron chi connectivity index (χ1n) is 5.76. The maximum atomic E-state index is 11.5. The molecule has 0 fully saturated rings. The van der Waals surface area contributed by atoms with E-state index in [1.807, 2.05) is 25.1 Å². The molecule has 0 saturated heterocycles. The lowest BCUT2D eigenvalue weighted by Gasteiger charge is -2.05. The van der Waals surface area contributed by atoms with Crippen molar-refractivity contribution < 1.29 is 4.79 Å². The van der Waals surface area contributed by atoms with Crippen molar-refractivity contribution in [3.8, 4) is 0 Å². The van der Waals surface area contributed by atoms with Gasteiger partial charge in [-0.3, -0.25) is 4.79 Å². The Morgan fingerprint density at radius 2 is 2.29 bits per heavy atom. The van der Waals surface area contributed by atoms with Crippen LogP contribution in [0.2, 0.25) is 5.02 Å². The molecule has 0 radical (unpaired) electrons. The molecule has 0 unspecified atom stereocenters. The van der Waals surface area contributed by atoms with Crippen molar-refractivity contribution >= 4 is 17.5 Å². The molecule has 0 atom stereocenters. The SMILES string of the molecule is C=CCCNC(=O)CCc1ccc(C)c(Cl)c1. The van der Waals surface area contributed by atoms with Crippen LogP contribution in [0.3, 0.4) is 0 Å². The molecule has 0 aliphatic rings. The Morgan fingerprint density at radius 1 is 1.53 bits per heavy atom. The molecule has 0 aliphatic heterocycles. The minimum Gasteiger partial charge on any atom is -0.356 e. The van der Waals surface area contributed by atoms with Gasteiger partial charge in [0.15, 0.2) is 0 Å². The summed E-state index contributed by atoms with van der Waals surface area (Å²) in [5.41, 5.74) is 2.16. The summed E-state index contributed by atoms with van der Waals surface area (Å²) in [5.74, 6) is 0.0727. The molecule has 1 rings (SSSR count). The summed E-state index contributed by atoms with van der Waals surface area (Å²) in [6.45, 7) is 6.23. The third-order valence-corrected chi connectivity index (χ3v) is 2.95. The summed E-state index contributed by atoms with van der Waals surface area (Å²) in [4.78, 5) is 11.5. The van der Waals surface area contributed by atoms with E-state index in [4.69, 9.17) is 11.6 Å². The van der Waals surface area contributed by atoms with Gasteiger partial charge in [-0.2, -0.15) is 0 Å². The normalized spacial score (nSPS) is 10.0. The molecule has 0 saturated carbocycles. The number of amides is 1. The van der Waals surface area contributed by atoms with Crippen molar-refractivity contribution in [2.45, 2.75) is 26.2 Å². The average molecular weight is 252 g/mol. The van der Waals surface area contributed by atoms with Crippen molar-refractivity contribution in [1.29, 1.82) is 0 Å². The van der Waals surface area contributed by atoms with Crippen LogP contribution < -0.4 is 5.32 Å². The third-order valence-electron chi connectivity index (χ3n) is 2.55. The second-order valence-corrected chi connectivity index (χ2v) is 4.42. The second kappa shape index (κ2) is 7.13. The fourth-order valence-corrected chi connectivity index (χ4v) is 1.65. The highest BCUT2D eigenvalue weighted by atomic mass is 35.5. The molecule has 0 aliphatic carbocycles. The van der Waals surface area contributed by atoms with Crippen LogP contribution in [-0.4, -0.2) is 12.5 Å². The zero-order valence-electron chi connectivity index (χ0n) is 10.1. The first kappa shape index (κ1) is 13.8. The molecule has 92 valence electrons. The summed E-state index contributed by atoms with van der Waals surface area (Å²) >= 11 is 6.02. The zero-order valence-corrected chi connectivity index (χ0v) is 10.9. The summed E-state index contributed by atoms with van der Waals surface area (Å²) in [6.07, 6.45) is 3.82. The molecule has 0 heterocycles. The Labute approximate surface area is 108 Å². The predicted octanol–water partition coefficient (Wildman–Crippen LogP) is 3.27. The molecule has 0 bridgehead atoms. The van der Waals surface area contributed by atoms with Gasteiger partial charge < -0.3 is 5.32 Å². The molecule has 1 amide bonds. The van der Waals surface area contributed by atoms with E-state index in [1.54, 1.807) is 6.08 Å². The van der Waals surface area contributed by atoms with E-state index in [9.17, 15) is 4.79 Å². The number of rotatable bonds is 6. The number of carbonyl (C=O) groups is 1. The summed E-state index contributed by atoms with van der Waals surface area (Å²) < 4.78 is 0. The number of benzene rings is 1. The van der Waals surface area contributed by atoms with E-state index in [2.05, 4.69) is 11.9 Å². The van der Waals surface area contributed by atoms with Crippen LogP contribution in [0.1, 0.15) is 24.0 Å². The highest BCUT2D eigenvalue weighted by molar-refractivity contribution is 6.31. The largest absolute Gasteiger partial charge is 0.356 e. The van der Waals surface area contributed by atoms with Gasteiger partial charge in [0.05, 0.1) is 0 Å². The van der Waals surface area contributed by atoms with Gasteiger partial charge in [-0.25, -0.2) is 0 Å². The lowest BCUT2D eigenvalue weighted by molar-refractivity contribution is -0.121. The van der Waals surface area contributed by atoms with Crippen molar-refractivity contribution in [2.24, 2.45) is 0 Å². The Kier molecular flexibility index (Phi) is 5.78. The van der Waals surface area contributed by atoms with Crippen LogP contribution >= 0.6 is 11.6 Å². The minimum atomic E-state index is 0.0727. The fourth-order valence-electron chi connectivity index (χ4n) is 1.45. The van der Waals surface area contributed by atoms with Crippen molar-refractivity contribution in [3.05, 3.63) is 47.0 Å². The molecule has 1 N–H and O–H groups in total. The Bertz CT molecular complexity index is 401. The quantitative estimate of drug-likeness (QED) is 0.610. The maximum Gasteiger partial charge on any atom is 0.220 e. The number of hydrogen-bond donors (Lipinski definition) is 1. The summed E-state index contributed by atoms with van der Waals surface area (Å²) in [6, 6.07) is 5.92. The van der Waals surface area contributed by atoms with E-state index in [1.165, 1.54) is 0 Å². The number of carbonyl (C=O) groups excluding carboxylic acids is 1. The second-order valence-electron chi connectivity index (χ2n) is 4.01. The molecule has 0 aromatic heterocycles. The molecular weight excluding hydrogens is 234 g/mol. The van der Waals surface area contributed by atoms with Crippen molar-refractivity contribution in [3.63, 3.8) is 0 Å². The fraction of sp³-hybridized carbons (Fsp3) is 0.357. The lowest BCUT2D eigenvalue weighted by atomic mass is 10.1. The monoisotopic (exact) mass is 251 g/mol. The standard InChI is InChI=1S/C14H18ClNO/c1-3-4-9-16-14(17)8-7-12-6-5-11(2)13(15)10-12/h3,5-6,10H,1,4,7-9H2,2H3,(H,16,17). The smallest absolute Gasteiger partial charge is 0.220 e. The van der Waals surface area contributed by atoms with Gasteiger partial charge in [-0.1, -0.05) is 29.8 Å². The van der Waals surface area contributed by atoms with E-state index >= 15 is 0 Å². The van der Waals surface area contributed by atoms with E-state index in [0.29, 0.717) is 13.0 Å². The molecule has 1 aromatic rings. The van der Waals surface area contributed by atoms with Gasteiger partial charge in [0, 0.05) is 18.0 Å². The van der Waals surface area contributed by atoms with Crippen LogP contribution in [0.25, 0.3) is 0 Å². The van der Waals surface area contributed by atoms with Gasteiger partial charge in [0.1, 0.15) is 0 Å². The molecule has 2 nitrogen and oxygen atoms in total. The molecule has 3 heteroatoms. The maximum absolute atomic E-state index is 11.5. The van der Waals surface area contributed by atoms with Crippen LogP contribution in [-0.2, 0) is 11.2 Å². The summed E-state index contributed by atoms with van der Waals surface area (Å²) in [7, 11) is 0. The highest BCUT2D eigenvalue weighted by Gasteiger charge is 2.02. The van der Waals surface area contributed by atoms with Gasteiger partial charge in [0.25, 0.3) is 0 Å². The van der Waals surface area contributed by atoms with Gasteiger partial charge >= 0.3 is 0 Å². The van der Waals surface area contributed by atoms with Gasteiger partial charge in [-0.15, -0.1) is 6.58 Å². The molecular formula is C14H18ClNO. The molecule has 0 spiro atoms. The molecule has 17 heavy (non-hydrogen) atoms. The van der Waals surface area contributed by atoms with E-state index < -0.39 is 0 Å². The minimum absolute atomic E-state index is 0.0727. The van der Waals surface area contributed by atoms with Crippen LogP contribution in [0.4, 0.5) is 0 Å². The first-order valence-corrected chi connectivity index (χ1v) is 6.14. The van der Waals surface area contributed by atoms with E-state index in [-0.39, 0.29) is 5.91 Å². The van der Waals surface area contributed by atoms with Crippen LogP contribution in [0.5, 0.6) is 0 Å². The average Bonchev–Trinajstić information content (AvgIpc) is 2.31. The lowest BCUT2D eigenvalue weighted by Crippen LogP contribution is -2.24. The Balaban J connectivity index is 2.36. The number of nitrogens with one attached hydrogen (secondary N) is 1. The summed E-state index contributed by atoms with van der Waals surface area (Å²) in [5, 5.41) is 3.60. The van der Waals surface area contributed by atoms with Crippen LogP contribution in [0, 0.1) is 6.92 Å². The Hall–Kier alpha value is -1.28. The zero-order chi connectivity index (χ0) is 12.7.